The molecule has 6 nitrogen and oxygen atoms in total. The average Bonchev–Trinajstić information content (AvgIpc) is 2.61. The molecule has 1 aliphatic rings. The van der Waals surface area contributed by atoms with E-state index in [1.807, 2.05) is 25.8 Å². The summed E-state index contributed by atoms with van der Waals surface area (Å²) in [5.74, 6) is -0.597. The summed E-state index contributed by atoms with van der Waals surface area (Å²) in [6, 6.07) is 0. The number of carbonyl (C=O) groups is 2. The molecule has 0 spiro atoms. The van der Waals surface area contributed by atoms with E-state index in [1.54, 1.807) is 16.2 Å². The lowest BCUT2D eigenvalue weighted by molar-refractivity contribution is -0.131. The Hall–Kier alpha value is -1.47. The summed E-state index contributed by atoms with van der Waals surface area (Å²) in [6.07, 6.45) is 0.354. The van der Waals surface area contributed by atoms with Crippen molar-refractivity contribution in [2.24, 2.45) is 11.7 Å². The Kier molecular flexibility index (Phi) is 4.95. The van der Waals surface area contributed by atoms with Crippen LogP contribution in [0.1, 0.15) is 15.6 Å². The van der Waals surface area contributed by atoms with Gasteiger partial charge in [-0.1, -0.05) is 0 Å². The maximum absolute atomic E-state index is 12.5. The molecule has 1 aromatic heterocycles. The summed E-state index contributed by atoms with van der Waals surface area (Å²) in [4.78, 5) is 33.1. The first-order chi connectivity index (χ1) is 9.86. The Morgan fingerprint density at radius 2 is 2.05 bits per heavy atom. The number of nitrogens with zero attached hydrogens (tertiary/aromatic N) is 3. The Morgan fingerprint density at radius 3 is 2.62 bits per heavy atom. The van der Waals surface area contributed by atoms with Crippen molar-refractivity contribution >= 4 is 23.2 Å². The molecular weight excluding hydrogens is 288 g/mol. The molecule has 0 radical (unpaired) electrons. The Bertz CT molecular complexity index is 543. The Morgan fingerprint density at radius 1 is 1.33 bits per heavy atom. The van der Waals surface area contributed by atoms with Crippen LogP contribution in [0.15, 0.2) is 0 Å². The number of primary amides is 1. The largest absolute Gasteiger partial charge is 0.369 e. The van der Waals surface area contributed by atoms with Crippen molar-refractivity contribution in [3.05, 3.63) is 15.6 Å². The second-order valence-electron chi connectivity index (χ2n) is 5.62. The average molecular weight is 310 g/mol. The highest BCUT2D eigenvalue weighted by molar-refractivity contribution is 7.11. The SMILES string of the molecule is Cc1nc(C)c(CC(=O)N2CCN(C)C[C@@H](C(N)=O)C2)s1. The normalized spacial score (nSPS) is 20.3. The summed E-state index contributed by atoms with van der Waals surface area (Å²) in [6.45, 7) is 6.28. The van der Waals surface area contributed by atoms with Crippen molar-refractivity contribution in [2.75, 3.05) is 33.2 Å². The number of amides is 2. The number of rotatable bonds is 3. The third-order valence-corrected chi connectivity index (χ3v) is 4.86. The molecule has 0 aliphatic carbocycles. The van der Waals surface area contributed by atoms with Crippen molar-refractivity contribution in [1.82, 2.24) is 14.8 Å². The van der Waals surface area contributed by atoms with E-state index in [4.69, 9.17) is 5.73 Å². The molecule has 1 fully saturated rings. The van der Waals surface area contributed by atoms with E-state index < -0.39 is 0 Å². The molecule has 1 saturated heterocycles. The van der Waals surface area contributed by atoms with Crippen molar-refractivity contribution in [2.45, 2.75) is 20.3 Å². The predicted molar refractivity (Wildman–Crippen MR) is 82.1 cm³/mol. The number of aromatic nitrogens is 1. The Balaban J connectivity index is 2.06. The third kappa shape index (κ3) is 4.01. The van der Waals surface area contributed by atoms with Gasteiger partial charge in [0.15, 0.2) is 0 Å². The third-order valence-electron chi connectivity index (χ3n) is 3.79. The molecule has 0 aromatic carbocycles. The smallest absolute Gasteiger partial charge is 0.227 e. The number of thiazole rings is 1. The van der Waals surface area contributed by atoms with Gasteiger partial charge in [0.05, 0.1) is 23.0 Å². The number of hydrogen-bond acceptors (Lipinski definition) is 5. The molecule has 2 rings (SSSR count). The zero-order valence-electron chi connectivity index (χ0n) is 12.8. The fourth-order valence-electron chi connectivity index (χ4n) is 2.57. The number of likely N-dealkylation sites (N-methyl/N-ethyl adjacent to an activating group) is 1. The van der Waals surface area contributed by atoms with Gasteiger partial charge in [-0.15, -0.1) is 11.3 Å². The van der Waals surface area contributed by atoms with Crippen LogP contribution in [0.3, 0.4) is 0 Å². The topological polar surface area (TPSA) is 79.5 Å². The van der Waals surface area contributed by atoms with Gasteiger partial charge >= 0.3 is 0 Å². The van der Waals surface area contributed by atoms with Crippen LogP contribution >= 0.6 is 11.3 Å². The maximum Gasteiger partial charge on any atom is 0.227 e. The summed E-state index contributed by atoms with van der Waals surface area (Å²) < 4.78 is 0. The van der Waals surface area contributed by atoms with E-state index in [-0.39, 0.29) is 17.7 Å². The van der Waals surface area contributed by atoms with Crippen LogP contribution in [0, 0.1) is 19.8 Å². The molecule has 1 aromatic rings. The lowest BCUT2D eigenvalue weighted by Crippen LogP contribution is -2.40. The number of hydrogen-bond donors (Lipinski definition) is 1. The number of aryl methyl sites for hydroxylation is 2. The standard InChI is InChI=1S/C14H22N4O2S/c1-9-12(21-10(2)16-9)6-13(19)18-5-4-17(3)7-11(8-18)14(15)20/h11H,4-8H2,1-3H3,(H2,15,20)/t11-/m1/s1. The molecule has 21 heavy (non-hydrogen) atoms. The number of carbonyl (C=O) groups excluding carboxylic acids is 2. The summed E-state index contributed by atoms with van der Waals surface area (Å²) in [5.41, 5.74) is 6.35. The minimum Gasteiger partial charge on any atom is -0.369 e. The highest BCUT2D eigenvalue weighted by atomic mass is 32.1. The molecular formula is C14H22N4O2S. The molecule has 2 heterocycles. The van der Waals surface area contributed by atoms with Gasteiger partial charge in [0.25, 0.3) is 0 Å². The van der Waals surface area contributed by atoms with Crippen molar-refractivity contribution in [3.63, 3.8) is 0 Å². The van der Waals surface area contributed by atoms with E-state index in [2.05, 4.69) is 4.98 Å². The van der Waals surface area contributed by atoms with Crippen LogP contribution in [0.4, 0.5) is 0 Å². The monoisotopic (exact) mass is 310 g/mol. The first-order valence-corrected chi connectivity index (χ1v) is 7.87. The first kappa shape index (κ1) is 15.9. The highest BCUT2D eigenvalue weighted by Gasteiger charge is 2.27. The van der Waals surface area contributed by atoms with E-state index >= 15 is 0 Å². The quantitative estimate of drug-likeness (QED) is 0.863. The van der Waals surface area contributed by atoms with Gasteiger partial charge in [-0.3, -0.25) is 9.59 Å². The molecule has 0 unspecified atom stereocenters. The van der Waals surface area contributed by atoms with E-state index in [9.17, 15) is 9.59 Å². The molecule has 0 bridgehead atoms. The fourth-order valence-corrected chi connectivity index (χ4v) is 3.50. The van der Waals surface area contributed by atoms with Crippen LogP contribution < -0.4 is 5.73 Å². The van der Waals surface area contributed by atoms with Crippen molar-refractivity contribution < 1.29 is 9.59 Å². The van der Waals surface area contributed by atoms with Gasteiger partial charge in [0.1, 0.15) is 0 Å². The van der Waals surface area contributed by atoms with E-state index in [0.717, 1.165) is 22.1 Å². The van der Waals surface area contributed by atoms with Crippen LogP contribution in [0.5, 0.6) is 0 Å². The summed E-state index contributed by atoms with van der Waals surface area (Å²) in [5, 5.41) is 0.973. The predicted octanol–water partition coefficient (Wildman–Crippen LogP) is 0.178. The fraction of sp³-hybridized carbons (Fsp3) is 0.643. The maximum atomic E-state index is 12.5. The second kappa shape index (κ2) is 6.53. The molecule has 2 N–H and O–H groups in total. The van der Waals surface area contributed by atoms with Gasteiger partial charge in [-0.2, -0.15) is 0 Å². The lowest BCUT2D eigenvalue weighted by Gasteiger charge is -2.22. The Labute approximate surface area is 128 Å². The lowest BCUT2D eigenvalue weighted by atomic mass is 10.1. The molecule has 2 amide bonds. The molecule has 1 aliphatic heterocycles. The molecule has 116 valence electrons. The van der Waals surface area contributed by atoms with Crippen molar-refractivity contribution in [3.8, 4) is 0 Å². The van der Waals surface area contributed by atoms with Gasteiger partial charge < -0.3 is 15.5 Å². The van der Waals surface area contributed by atoms with Crippen LogP contribution in [-0.4, -0.2) is 59.8 Å². The van der Waals surface area contributed by atoms with Gasteiger partial charge in [-0.25, -0.2) is 4.98 Å². The van der Waals surface area contributed by atoms with Gasteiger partial charge in [0, 0.05) is 31.1 Å². The van der Waals surface area contributed by atoms with Gasteiger partial charge in [-0.05, 0) is 20.9 Å². The minimum atomic E-state index is -0.341. The summed E-state index contributed by atoms with van der Waals surface area (Å²) >= 11 is 1.56. The zero-order valence-corrected chi connectivity index (χ0v) is 13.6. The minimum absolute atomic E-state index is 0.0447. The van der Waals surface area contributed by atoms with Crippen molar-refractivity contribution in [1.29, 1.82) is 0 Å². The molecule has 0 saturated carbocycles. The molecule has 1 atom stereocenters. The highest BCUT2D eigenvalue weighted by Crippen LogP contribution is 2.19. The van der Waals surface area contributed by atoms with Gasteiger partial charge in [0.2, 0.25) is 11.8 Å². The zero-order chi connectivity index (χ0) is 15.6. The summed E-state index contributed by atoms with van der Waals surface area (Å²) in [7, 11) is 1.95. The number of nitrogens with two attached hydrogens (primary N) is 1. The van der Waals surface area contributed by atoms with Crippen LogP contribution in [0.2, 0.25) is 0 Å². The van der Waals surface area contributed by atoms with Crippen LogP contribution in [-0.2, 0) is 16.0 Å². The first-order valence-electron chi connectivity index (χ1n) is 7.05. The second-order valence-corrected chi connectivity index (χ2v) is 6.91. The van der Waals surface area contributed by atoms with E-state index in [0.29, 0.717) is 26.1 Å². The molecule has 7 heteroatoms. The van der Waals surface area contributed by atoms with E-state index in [1.165, 1.54) is 0 Å². The van der Waals surface area contributed by atoms with Crippen LogP contribution in [0.25, 0.3) is 0 Å².